The minimum atomic E-state index is -0.517. The van der Waals surface area contributed by atoms with Gasteiger partial charge in [-0.3, -0.25) is 14.2 Å². The Labute approximate surface area is 162 Å². The number of rotatable bonds is 6. The molecule has 28 heavy (non-hydrogen) atoms. The summed E-state index contributed by atoms with van der Waals surface area (Å²) in [5.41, 5.74) is 2.17. The van der Waals surface area contributed by atoms with Crippen LogP contribution in [0.2, 0.25) is 0 Å². The van der Waals surface area contributed by atoms with E-state index in [2.05, 4.69) is 11.1 Å². The van der Waals surface area contributed by atoms with E-state index in [4.69, 9.17) is 4.74 Å². The molecule has 0 aliphatic rings. The number of carbonyl (C=O) groups is 1. The van der Waals surface area contributed by atoms with E-state index in [1.807, 2.05) is 26.0 Å². The number of fused-ring (bicyclic) bond motifs is 1. The molecule has 0 aliphatic heterocycles. The molecule has 0 radical (unpaired) electrons. The zero-order valence-corrected chi connectivity index (χ0v) is 16.1. The topological polar surface area (TPSA) is 64.4 Å². The van der Waals surface area contributed by atoms with Gasteiger partial charge in [-0.1, -0.05) is 6.07 Å². The molecule has 2 aromatic carbocycles. The maximum Gasteiger partial charge on any atom is 0.261 e. The summed E-state index contributed by atoms with van der Waals surface area (Å²) in [7, 11) is 1.65. The van der Waals surface area contributed by atoms with Crippen molar-refractivity contribution in [3.63, 3.8) is 0 Å². The molecule has 1 amide bonds. The summed E-state index contributed by atoms with van der Waals surface area (Å²) in [6, 6.07) is 9.75. The molecule has 3 rings (SSSR count). The van der Waals surface area contributed by atoms with Gasteiger partial charge in [-0.15, -0.1) is 0 Å². The van der Waals surface area contributed by atoms with Crippen LogP contribution in [0.15, 0.2) is 47.5 Å². The number of likely N-dealkylation sites (N-methyl/N-ethyl adjacent to an activating group) is 1. The number of nitrogens with zero attached hydrogens (tertiary/aromatic N) is 3. The number of halogens is 1. The molecule has 0 atom stereocenters. The van der Waals surface area contributed by atoms with Gasteiger partial charge in [0.05, 0.1) is 23.8 Å². The van der Waals surface area contributed by atoms with Crippen LogP contribution in [0.1, 0.15) is 11.1 Å². The number of amides is 1. The number of hydrogen-bond donors (Lipinski definition) is 0. The van der Waals surface area contributed by atoms with Crippen molar-refractivity contribution in [2.24, 2.45) is 0 Å². The highest BCUT2D eigenvalue weighted by Crippen LogP contribution is 2.16. The molecule has 0 fully saturated rings. The lowest BCUT2D eigenvalue weighted by atomic mass is 10.1. The van der Waals surface area contributed by atoms with Crippen molar-refractivity contribution in [1.29, 1.82) is 0 Å². The fourth-order valence-corrected chi connectivity index (χ4v) is 2.95. The second-order valence-corrected chi connectivity index (χ2v) is 6.83. The van der Waals surface area contributed by atoms with Crippen molar-refractivity contribution >= 4 is 16.8 Å². The van der Waals surface area contributed by atoms with Gasteiger partial charge in [-0.25, -0.2) is 9.37 Å². The third kappa shape index (κ3) is 4.54. The zero-order chi connectivity index (χ0) is 20.3. The van der Waals surface area contributed by atoms with Crippen LogP contribution in [-0.4, -0.2) is 40.6 Å². The van der Waals surface area contributed by atoms with E-state index in [9.17, 15) is 14.0 Å². The van der Waals surface area contributed by atoms with Crippen LogP contribution in [0.25, 0.3) is 10.9 Å². The summed E-state index contributed by atoms with van der Waals surface area (Å²) >= 11 is 0. The normalized spacial score (nSPS) is 10.9. The predicted octanol–water partition coefficient (Wildman–Crippen LogP) is 2.69. The number of aryl methyl sites for hydroxylation is 2. The molecule has 0 saturated carbocycles. The van der Waals surface area contributed by atoms with Crippen LogP contribution in [0, 0.1) is 19.7 Å². The summed E-state index contributed by atoms with van der Waals surface area (Å²) in [6.45, 7) is 4.53. The first-order valence-electron chi connectivity index (χ1n) is 8.93. The molecule has 0 bridgehead atoms. The summed E-state index contributed by atoms with van der Waals surface area (Å²) in [4.78, 5) is 30.5. The van der Waals surface area contributed by atoms with Crippen LogP contribution in [-0.2, 0) is 11.3 Å². The molecular weight excluding hydrogens is 361 g/mol. The third-order valence-corrected chi connectivity index (χ3v) is 4.41. The van der Waals surface area contributed by atoms with Crippen molar-refractivity contribution in [3.05, 3.63) is 70.0 Å². The molecule has 7 heteroatoms. The minimum Gasteiger partial charge on any atom is -0.492 e. The first-order chi connectivity index (χ1) is 13.3. The number of aromatic nitrogens is 2. The molecule has 6 nitrogen and oxygen atoms in total. The fraction of sp³-hybridized carbons (Fsp3) is 0.286. The monoisotopic (exact) mass is 383 g/mol. The standard InChI is InChI=1S/C21H22FN3O3/c1-14-8-15(2)10-17(9-14)28-7-6-24(3)20(26)12-25-13-23-19-5-4-16(22)11-18(19)21(25)27/h4-5,8-11,13H,6-7,12H2,1-3H3. The third-order valence-electron chi connectivity index (χ3n) is 4.41. The number of ether oxygens (including phenoxy) is 1. The zero-order valence-electron chi connectivity index (χ0n) is 16.1. The van der Waals surface area contributed by atoms with Crippen molar-refractivity contribution in [1.82, 2.24) is 14.5 Å². The maximum absolute atomic E-state index is 13.4. The highest BCUT2D eigenvalue weighted by atomic mass is 19.1. The van der Waals surface area contributed by atoms with Crippen molar-refractivity contribution < 1.29 is 13.9 Å². The van der Waals surface area contributed by atoms with Gasteiger partial charge < -0.3 is 9.64 Å². The summed E-state index contributed by atoms with van der Waals surface area (Å²) < 4.78 is 20.3. The molecule has 0 unspecified atom stereocenters. The molecule has 0 spiro atoms. The van der Waals surface area contributed by atoms with Gasteiger partial charge in [-0.2, -0.15) is 0 Å². The highest BCUT2D eigenvalue weighted by molar-refractivity contribution is 5.79. The van der Waals surface area contributed by atoms with E-state index < -0.39 is 11.4 Å². The van der Waals surface area contributed by atoms with Gasteiger partial charge in [0.25, 0.3) is 5.56 Å². The molecule has 0 aliphatic carbocycles. The lowest BCUT2D eigenvalue weighted by molar-refractivity contribution is -0.130. The maximum atomic E-state index is 13.4. The summed E-state index contributed by atoms with van der Waals surface area (Å²) in [5, 5.41) is 0.149. The number of hydrogen-bond acceptors (Lipinski definition) is 4. The predicted molar refractivity (Wildman–Crippen MR) is 105 cm³/mol. The largest absolute Gasteiger partial charge is 0.492 e. The van der Waals surface area contributed by atoms with E-state index in [0.717, 1.165) is 22.9 Å². The Morgan fingerprint density at radius 1 is 1.18 bits per heavy atom. The number of carbonyl (C=O) groups excluding carboxylic acids is 1. The Morgan fingerprint density at radius 2 is 1.89 bits per heavy atom. The molecule has 1 aromatic heterocycles. The Kier molecular flexibility index (Phi) is 5.73. The van der Waals surface area contributed by atoms with Crippen molar-refractivity contribution in [2.45, 2.75) is 20.4 Å². The number of benzene rings is 2. The van der Waals surface area contributed by atoms with E-state index in [1.165, 1.54) is 27.9 Å². The van der Waals surface area contributed by atoms with E-state index >= 15 is 0 Å². The molecule has 0 saturated heterocycles. The van der Waals surface area contributed by atoms with E-state index in [1.54, 1.807) is 7.05 Å². The van der Waals surface area contributed by atoms with Gasteiger partial charge in [0.1, 0.15) is 24.7 Å². The van der Waals surface area contributed by atoms with Crippen molar-refractivity contribution in [2.75, 3.05) is 20.2 Å². The molecule has 3 aromatic rings. The SMILES string of the molecule is Cc1cc(C)cc(OCCN(C)C(=O)Cn2cnc3ccc(F)cc3c2=O)c1. The van der Waals surface area contributed by atoms with E-state index in [0.29, 0.717) is 18.7 Å². The highest BCUT2D eigenvalue weighted by Gasteiger charge is 2.13. The van der Waals surface area contributed by atoms with Gasteiger partial charge in [0.15, 0.2) is 0 Å². The van der Waals surface area contributed by atoms with Gasteiger partial charge in [0.2, 0.25) is 5.91 Å². The first kappa shape index (κ1) is 19.5. The lowest BCUT2D eigenvalue weighted by Gasteiger charge is -2.18. The Bertz CT molecular complexity index is 1060. The minimum absolute atomic E-state index is 0.149. The van der Waals surface area contributed by atoms with Crippen LogP contribution in [0.4, 0.5) is 4.39 Å². The molecule has 146 valence electrons. The van der Waals surface area contributed by atoms with Crippen molar-refractivity contribution in [3.8, 4) is 5.75 Å². The molecule has 1 heterocycles. The van der Waals surface area contributed by atoms with Gasteiger partial charge in [0, 0.05) is 7.05 Å². The smallest absolute Gasteiger partial charge is 0.261 e. The summed E-state index contributed by atoms with van der Waals surface area (Å²) in [5.74, 6) is -0.0184. The first-order valence-corrected chi connectivity index (χ1v) is 8.93. The fourth-order valence-electron chi connectivity index (χ4n) is 2.95. The van der Waals surface area contributed by atoms with Crippen LogP contribution < -0.4 is 10.3 Å². The lowest BCUT2D eigenvalue weighted by Crippen LogP contribution is -2.36. The quantitative estimate of drug-likeness (QED) is 0.657. The average molecular weight is 383 g/mol. The van der Waals surface area contributed by atoms with Gasteiger partial charge >= 0.3 is 0 Å². The second kappa shape index (κ2) is 8.21. The molecular formula is C21H22FN3O3. The second-order valence-electron chi connectivity index (χ2n) is 6.83. The van der Waals surface area contributed by atoms with Crippen LogP contribution >= 0.6 is 0 Å². The average Bonchev–Trinajstić information content (AvgIpc) is 2.63. The van der Waals surface area contributed by atoms with Gasteiger partial charge in [-0.05, 0) is 55.3 Å². The Morgan fingerprint density at radius 3 is 2.61 bits per heavy atom. The van der Waals surface area contributed by atoms with E-state index in [-0.39, 0.29) is 17.8 Å². The Hall–Kier alpha value is -3.22. The molecule has 0 N–H and O–H groups in total. The Balaban J connectivity index is 1.62. The van der Waals surface area contributed by atoms with Crippen LogP contribution in [0.5, 0.6) is 5.75 Å². The van der Waals surface area contributed by atoms with Crippen LogP contribution in [0.3, 0.4) is 0 Å². The summed E-state index contributed by atoms with van der Waals surface area (Å²) in [6.07, 6.45) is 1.31.